The molecule has 0 saturated carbocycles. The van der Waals surface area contributed by atoms with Gasteiger partial charge in [0.2, 0.25) is 0 Å². The van der Waals surface area contributed by atoms with Crippen molar-refractivity contribution >= 4 is 38.9 Å². The van der Waals surface area contributed by atoms with E-state index in [1.165, 1.54) is 0 Å². The lowest BCUT2D eigenvalue weighted by atomic mass is 10.1. The van der Waals surface area contributed by atoms with Gasteiger partial charge in [0.25, 0.3) is 5.91 Å². The van der Waals surface area contributed by atoms with Gasteiger partial charge < -0.3 is 20.9 Å². The Balaban J connectivity index is 1.84. The third-order valence-corrected chi connectivity index (χ3v) is 5.04. The summed E-state index contributed by atoms with van der Waals surface area (Å²) in [5.74, 6) is -0.166. The first-order valence-electron chi connectivity index (χ1n) is 8.34. The van der Waals surface area contributed by atoms with Gasteiger partial charge in [-0.2, -0.15) is 0 Å². The molecule has 0 bridgehead atoms. The third kappa shape index (κ3) is 4.14. The number of piperazine rings is 1. The van der Waals surface area contributed by atoms with Crippen molar-refractivity contribution in [1.82, 2.24) is 4.90 Å². The molecule has 1 aliphatic rings. The van der Waals surface area contributed by atoms with Gasteiger partial charge in [0.15, 0.2) is 0 Å². The number of rotatable bonds is 3. The number of likely N-dealkylation sites (N-methyl/N-ethyl adjacent to an activating group) is 1. The second-order valence-electron chi connectivity index (χ2n) is 6.48. The molecule has 1 saturated heterocycles. The Kier molecular flexibility index (Phi) is 5.30. The number of benzene rings is 2. The molecule has 132 valence electrons. The van der Waals surface area contributed by atoms with Crippen molar-refractivity contribution in [1.29, 1.82) is 0 Å². The molecule has 2 aromatic rings. The first kappa shape index (κ1) is 17.8. The van der Waals surface area contributed by atoms with E-state index in [4.69, 9.17) is 5.73 Å². The van der Waals surface area contributed by atoms with Crippen LogP contribution in [-0.4, -0.2) is 44.0 Å². The molecule has 0 unspecified atom stereocenters. The number of anilines is 3. The van der Waals surface area contributed by atoms with Crippen LogP contribution in [-0.2, 0) is 0 Å². The first-order chi connectivity index (χ1) is 11.9. The van der Waals surface area contributed by atoms with E-state index < -0.39 is 0 Å². The first-order valence-corrected chi connectivity index (χ1v) is 9.14. The van der Waals surface area contributed by atoms with Crippen LogP contribution in [0.25, 0.3) is 0 Å². The summed E-state index contributed by atoms with van der Waals surface area (Å²) in [6.45, 7) is 6.07. The smallest absolute Gasteiger partial charge is 0.255 e. The molecule has 6 heteroatoms. The quantitative estimate of drug-likeness (QED) is 0.772. The van der Waals surface area contributed by atoms with E-state index in [0.717, 1.165) is 41.9 Å². The van der Waals surface area contributed by atoms with Crippen molar-refractivity contribution in [3.05, 3.63) is 52.0 Å². The minimum absolute atomic E-state index is 0.166. The van der Waals surface area contributed by atoms with E-state index in [1.807, 2.05) is 24.3 Å². The fraction of sp³-hybridized carbons (Fsp3) is 0.316. The minimum atomic E-state index is -0.166. The van der Waals surface area contributed by atoms with Crippen LogP contribution in [0.4, 0.5) is 17.1 Å². The fourth-order valence-corrected chi connectivity index (χ4v) is 3.44. The van der Waals surface area contributed by atoms with Gasteiger partial charge >= 0.3 is 0 Å². The van der Waals surface area contributed by atoms with Crippen LogP contribution in [0.3, 0.4) is 0 Å². The number of nitrogens with zero attached hydrogens (tertiary/aromatic N) is 2. The van der Waals surface area contributed by atoms with Crippen molar-refractivity contribution in [2.45, 2.75) is 6.92 Å². The molecule has 1 fully saturated rings. The second-order valence-corrected chi connectivity index (χ2v) is 7.40. The van der Waals surface area contributed by atoms with Crippen LogP contribution < -0.4 is 16.0 Å². The van der Waals surface area contributed by atoms with Gasteiger partial charge in [0.1, 0.15) is 0 Å². The third-order valence-electron chi connectivity index (χ3n) is 4.55. The summed E-state index contributed by atoms with van der Waals surface area (Å²) in [5, 5.41) is 2.95. The van der Waals surface area contributed by atoms with Crippen molar-refractivity contribution in [2.24, 2.45) is 0 Å². The number of amides is 1. The minimum Gasteiger partial charge on any atom is -0.397 e. The summed E-state index contributed by atoms with van der Waals surface area (Å²) >= 11 is 3.39. The second kappa shape index (κ2) is 7.45. The topological polar surface area (TPSA) is 61.6 Å². The number of aryl methyl sites for hydroxylation is 1. The molecule has 1 heterocycles. The highest BCUT2D eigenvalue weighted by Crippen LogP contribution is 2.31. The van der Waals surface area contributed by atoms with E-state index in [9.17, 15) is 4.79 Å². The number of halogens is 1. The Hall–Kier alpha value is -2.05. The van der Waals surface area contributed by atoms with Crippen LogP contribution in [0.15, 0.2) is 40.9 Å². The van der Waals surface area contributed by atoms with Crippen LogP contribution in [0.2, 0.25) is 0 Å². The van der Waals surface area contributed by atoms with E-state index in [-0.39, 0.29) is 5.91 Å². The van der Waals surface area contributed by atoms with Crippen molar-refractivity contribution in [3.63, 3.8) is 0 Å². The molecular weight excluding hydrogens is 380 g/mol. The van der Waals surface area contributed by atoms with Crippen molar-refractivity contribution in [2.75, 3.05) is 49.2 Å². The van der Waals surface area contributed by atoms with Crippen LogP contribution in [0.1, 0.15) is 15.9 Å². The van der Waals surface area contributed by atoms with Gasteiger partial charge in [0.05, 0.1) is 11.4 Å². The lowest BCUT2D eigenvalue weighted by molar-refractivity contribution is 0.102. The predicted octanol–water partition coefficient (Wildman–Crippen LogP) is 3.34. The Labute approximate surface area is 156 Å². The van der Waals surface area contributed by atoms with E-state index >= 15 is 0 Å². The van der Waals surface area contributed by atoms with Gasteiger partial charge in [-0.1, -0.05) is 22.0 Å². The molecule has 1 aliphatic heterocycles. The molecule has 1 amide bonds. The average molecular weight is 403 g/mol. The largest absolute Gasteiger partial charge is 0.397 e. The number of carbonyl (C=O) groups is 1. The maximum Gasteiger partial charge on any atom is 0.255 e. The van der Waals surface area contributed by atoms with E-state index in [2.05, 4.69) is 45.0 Å². The zero-order chi connectivity index (χ0) is 18.0. The van der Waals surface area contributed by atoms with Crippen LogP contribution in [0.5, 0.6) is 0 Å². The summed E-state index contributed by atoms with van der Waals surface area (Å²) in [5.41, 5.74) is 10.2. The van der Waals surface area contributed by atoms with Gasteiger partial charge in [-0.05, 0) is 49.9 Å². The number of nitrogens with one attached hydrogen (secondary N) is 1. The SMILES string of the molecule is Cc1cc(N)c(NC(=O)c2cccc(Br)c2)cc1N1CCN(C)CC1. The van der Waals surface area contributed by atoms with Crippen molar-refractivity contribution in [3.8, 4) is 0 Å². The Morgan fingerprint density at radius 3 is 2.56 bits per heavy atom. The lowest BCUT2D eigenvalue weighted by Crippen LogP contribution is -2.44. The average Bonchev–Trinajstić information content (AvgIpc) is 2.58. The monoisotopic (exact) mass is 402 g/mol. The van der Waals surface area contributed by atoms with E-state index in [0.29, 0.717) is 16.9 Å². The molecule has 5 nitrogen and oxygen atoms in total. The highest BCUT2D eigenvalue weighted by Gasteiger charge is 2.18. The molecule has 0 aliphatic carbocycles. The van der Waals surface area contributed by atoms with Gasteiger partial charge in [-0.25, -0.2) is 0 Å². The molecule has 0 radical (unpaired) electrons. The number of hydrogen-bond acceptors (Lipinski definition) is 4. The number of hydrogen-bond donors (Lipinski definition) is 2. The molecule has 2 aromatic carbocycles. The Morgan fingerprint density at radius 2 is 1.88 bits per heavy atom. The fourth-order valence-electron chi connectivity index (χ4n) is 3.04. The maximum absolute atomic E-state index is 12.5. The molecule has 3 rings (SSSR count). The van der Waals surface area contributed by atoms with Crippen molar-refractivity contribution < 1.29 is 4.79 Å². The Morgan fingerprint density at radius 1 is 1.16 bits per heavy atom. The van der Waals surface area contributed by atoms with Gasteiger partial charge in [-0.15, -0.1) is 0 Å². The normalized spacial score (nSPS) is 15.2. The van der Waals surface area contributed by atoms with Gasteiger partial charge in [-0.3, -0.25) is 4.79 Å². The molecule has 0 aromatic heterocycles. The molecular formula is C19H23BrN4O. The highest BCUT2D eigenvalue weighted by atomic mass is 79.9. The summed E-state index contributed by atoms with van der Waals surface area (Å²) in [7, 11) is 2.14. The summed E-state index contributed by atoms with van der Waals surface area (Å²) in [4.78, 5) is 17.2. The summed E-state index contributed by atoms with van der Waals surface area (Å²) < 4.78 is 0.871. The zero-order valence-corrected chi connectivity index (χ0v) is 16.1. The molecule has 0 spiro atoms. The predicted molar refractivity (Wildman–Crippen MR) is 107 cm³/mol. The summed E-state index contributed by atoms with van der Waals surface area (Å²) in [6.07, 6.45) is 0. The van der Waals surface area contributed by atoms with Crippen LogP contribution >= 0.6 is 15.9 Å². The van der Waals surface area contributed by atoms with Crippen LogP contribution in [0, 0.1) is 6.92 Å². The number of carbonyl (C=O) groups excluding carboxylic acids is 1. The number of nitrogen functional groups attached to an aromatic ring is 1. The zero-order valence-electron chi connectivity index (χ0n) is 14.6. The summed E-state index contributed by atoms with van der Waals surface area (Å²) in [6, 6.07) is 11.2. The highest BCUT2D eigenvalue weighted by molar-refractivity contribution is 9.10. The standard InChI is InChI=1S/C19H23BrN4O/c1-13-10-16(21)17(12-18(13)24-8-6-23(2)7-9-24)22-19(25)14-4-3-5-15(20)11-14/h3-5,10-12H,6-9,21H2,1-2H3,(H,22,25). The van der Waals surface area contributed by atoms with Gasteiger partial charge in [0, 0.05) is 41.9 Å². The maximum atomic E-state index is 12.5. The molecule has 0 atom stereocenters. The molecule has 3 N–H and O–H groups in total. The number of nitrogens with two attached hydrogens (primary N) is 1. The van der Waals surface area contributed by atoms with E-state index in [1.54, 1.807) is 12.1 Å². The molecule has 25 heavy (non-hydrogen) atoms. The lowest BCUT2D eigenvalue weighted by Gasteiger charge is -2.35. The Bertz CT molecular complexity index is 785.